The molecule has 0 aliphatic rings. The molecule has 0 heterocycles. The Morgan fingerprint density at radius 2 is 1.42 bits per heavy atom. The molecule has 0 aromatic heterocycles. The maximum Gasteiger partial charge on any atom is 0.115 e. The van der Waals surface area contributed by atoms with E-state index in [0.29, 0.717) is 5.75 Å². The monoisotopic (exact) mass is 173 g/mol. The summed E-state index contributed by atoms with van der Waals surface area (Å²) < 4.78 is 0. The Balaban J connectivity index is 0.00000121. The average Bonchev–Trinajstić information content (AvgIpc) is 1.86. The number of hydrogen-bond donors (Lipinski definition) is 1. The quantitative estimate of drug-likeness (QED) is 0.597. The molecular weight excluding hydrogens is 159 g/mol. The van der Waals surface area contributed by atoms with E-state index in [4.69, 9.17) is 5.11 Å². The molecule has 0 saturated heterocycles. The first-order valence-corrected chi connectivity index (χ1v) is 3.79. The van der Waals surface area contributed by atoms with Crippen molar-refractivity contribution < 1.29 is 5.11 Å². The number of rotatable bonds is 0. The topological polar surface area (TPSA) is 20.2 Å². The van der Waals surface area contributed by atoms with Crippen molar-refractivity contribution in [2.75, 3.05) is 0 Å². The summed E-state index contributed by atoms with van der Waals surface area (Å²) in [5.41, 5.74) is 1.42. The van der Waals surface area contributed by atoms with Crippen molar-refractivity contribution in [1.82, 2.24) is 0 Å². The molecule has 1 rings (SSSR count). The van der Waals surface area contributed by atoms with Gasteiger partial charge >= 0.3 is 0 Å². The first kappa shape index (κ1) is 12.0. The summed E-state index contributed by atoms with van der Waals surface area (Å²) in [5, 5.41) is 9.02. The molecule has 0 aliphatic heterocycles. The minimum absolute atomic E-state index is 0. The molecule has 12 heavy (non-hydrogen) atoms. The van der Waals surface area contributed by atoms with Crippen LogP contribution >= 0.6 is 0 Å². The normalized spacial score (nSPS) is 10.6. The van der Waals surface area contributed by atoms with Gasteiger partial charge in [-0.25, -0.2) is 0 Å². The van der Waals surface area contributed by atoms with Gasteiger partial charge in [0.25, 0.3) is 0 Å². The van der Waals surface area contributed by atoms with E-state index in [0.717, 1.165) is 0 Å². The summed E-state index contributed by atoms with van der Waals surface area (Å²) in [6.07, 6.45) is 0. The maximum atomic E-state index is 9.02. The van der Waals surface area contributed by atoms with Crippen LogP contribution in [0.4, 0.5) is 0 Å². The average molecular weight is 173 g/mol. The van der Waals surface area contributed by atoms with Gasteiger partial charge in [0, 0.05) is 29.6 Å². The Morgan fingerprint density at radius 1 is 1.00 bits per heavy atom. The summed E-state index contributed by atoms with van der Waals surface area (Å²) in [6, 6.07) is 7.35. The van der Waals surface area contributed by atoms with E-state index in [1.807, 2.05) is 12.1 Å². The molecule has 1 aromatic carbocycles. The van der Waals surface area contributed by atoms with Crippen LogP contribution in [0.15, 0.2) is 24.3 Å². The van der Waals surface area contributed by atoms with Crippen LogP contribution in [0.25, 0.3) is 0 Å². The fraction of sp³-hybridized carbons (Fsp3) is 0.400. The number of phenolic OH excluding ortho intramolecular Hbond substituents is 1. The zero-order valence-electron chi connectivity index (χ0n) is 8.26. The van der Waals surface area contributed by atoms with E-state index in [2.05, 4.69) is 20.8 Å². The molecule has 1 aromatic rings. The largest absolute Gasteiger partial charge is 0.508 e. The molecular formula is C10H14NaO. The van der Waals surface area contributed by atoms with Gasteiger partial charge in [0.2, 0.25) is 0 Å². The molecule has 1 radical (unpaired) electrons. The third-order valence-corrected chi connectivity index (χ3v) is 1.73. The first-order valence-electron chi connectivity index (χ1n) is 3.79. The van der Waals surface area contributed by atoms with E-state index in [1.165, 1.54) is 5.56 Å². The van der Waals surface area contributed by atoms with Gasteiger partial charge in [0.15, 0.2) is 0 Å². The summed E-state index contributed by atoms with van der Waals surface area (Å²) in [7, 11) is 0. The van der Waals surface area contributed by atoms with Crippen molar-refractivity contribution in [1.29, 1.82) is 0 Å². The zero-order chi connectivity index (χ0) is 8.48. The van der Waals surface area contributed by atoms with Crippen LogP contribution < -0.4 is 0 Å². The van der Waals surface area contributed by atoms with Crippen LogP contribution in [-0.2, 0) is 5.41 Å². The molecule has 1 N–H and O–H groups in total. The summed E-state index contributed by atoms with van der Waals surface area (Å²) in [5.74, 6) is 0.331. The first-order chi connectivity index (χ1) is 5.00. The minimum atomic E-state index is 0. The van der Waals surface area contributed by atoms with Crippen LogP contribution in [0, 0.1) is 0 Å². The van der Waals surface area contributed by atoms with E-state index < -0.39 is 0 Å². The molecule has 0 atom stereocenters. The van der Waals surface area contributed by atoms with Gasteiger partial charge in [-0.1, -0.05) is 32.9 Å². The van der Waals surface area contributed by atoms with Crippen molar-refractivity contribution in [3.63, 3.8) is 0 Å². The van der Waals surface area contributed by atoms with Gasteiger partial charge in [-0.3, -0.25) is 0 Å². The molecule has 0 saturated carbocycles. The molecule has 61 valence electrons. The van der Waals surface area contributed by atoms with Gasteiger partial charge in [-0.05, 0) is 23.1 Å². The third-order valence-electron chi connectivity index (χ3n) is 1.73. The molecule has 0 fully saturated rings. The summed E-state index contributed by atoms with van der Waals surface area (Å²) >= 11 is 0. The maximum absolute atomic E-state index is 9.02. The molecule has 0 unspecified atom stereocenters. The SMILES string of the molecule is CC(C)(C)c1ccc(O)cc1.[Na]. The van der Waals surface area contributed by atoms with Crippen LogP contribution in [0.5, 0.6) is 5.75 Å². The van der Waals surface area contributed by atoms with Gasteiger partial charge in [-0.15, -0.1) is 0 Å². The van der Waals surface area contributed by atoms with Crippen LogP contribution in [0.1, 0.15) is 26.3 Å². The van der Waals surface area contributed by atoms with E-state index >= 15 is 0 Å². The Kier molecular flexibility index (Phi) is 4.32. The zero-order valence-corrected chi connectivity index (χ0v) is 10.3. The minimum Gasteiger partial charge on any atom is -0.508 e. The van der Waals surface area contributed by atoms with Gasteiger partial charge in [0.1, 0.15) is 5.75 Å². The molecule has 0 amide bonds. The summed E-state index contributed by atoms with van der Waals surface area (Å²) in [4.78, 5) is 0. The number of phenols is 1. The van der Waals surface area contributed by atoms with Crippen molar-refractivity contribution in [2.24, 2.45) is 0 Å². The van der Waals surface area contributed by atoms with Crippen LogP contribution in [-0.4, -0.2) is 34.7 Å². The molecule has 0 aliphatic carbocycles. The van der Waals surface area contributed by atoms with Crippen molar-refractivity contribution >= 4 is 29.6 Å². The van der Waals surface area contributed by atoms with Gasteiger partial charge in [0.05, 0.1) is 0 Å². The fourth-order valence-electron chi connectivity index (χ4n) is 0.961. The van der Waals surface area contributed by atoms with E-state index in [-0.39, 0.29) is 35.0 Å². The van der Waals surface area contributed by atoms with Crippen LogP contribution in [0.3, 0.4) is 0 Å². The third kappa shape index (κ3) is 3.18. The van der Waals surface area contributed by atoms with Gasteiger partial charge in [-0.2, -0.15) is 0 Å². The standard InChI is InChI=1S/C10H14O.Na/c1-10(2,3)8-4-6-9(11)7-5-8;/h4-7,11H,1-3H3;. The Morgan fingerprint density at radius 3 is 1.75 bits per heavy atom. The van der Waals surface area contributed by atoms with Crippen molar-refractivity contribution in [2.45, 2.75) is 26.2 Å². The van der Waals surface area contributed by atoms with Crippen molar-refractivity contribution in [3.05, 3.63) is 29.8 Å². The molecule has 0 bridgehead atoms. The van der Waals surface area contributed by atoms with Crippen molar-refractivity contribution in [3.8, 4) is 5.75 Å². The number of aromatic hydroxyl groups is 1. The van der Waals surface area contributed by atoms with Gasteiger partial charge < -0.3 is 5.11 Å². The predicted octanol–water partition coefficient (Wildman–Crippen LogP) is 2.31. The predicted molar refractivity (Wildman–Crippen MR) is 52.6 cm³/mol. The van der Waals surface area contributed by atoms with Crippen LogP contribution in [0.2, 0.25) is 0 Å². The Hall–Kier alpha value is 0.0200. The smallest absolute Gasteiger partial charge is 0.115 e. The Bertz CT molecular complexity index is 233. The fourth-order valence-corrected chi connectivity index (χ4v) is 0.961. The Labute approximate surface area is 96.1 Å². The van der Waals surface area contributed by atoms with E-state index in [1.54, 1.807) is 12.1 Å². The second-order valence-corrected chi connectivity index (χ2v) is 3.80. The second kappa shape index (κ2) is 4.31. The van der Waals surface area contributed by atoms with E-state index in [9.17, 15) is 0 Å². The number of benzene rings is 1. The molecule has 0 spiro atoms. The summed E-state index contributed by atoms with van der Waals surface area (Å²) in [6.45, 7) is 6.46. The second-order valence-electron chi connectivity index (χ2n) is 3.80. The molecule has 1 nitrogen and oxygen atoms in total. The number of hydrogen-bond acceptors (Lipinski definition) is 1. The molecule has 2 heteroatoms.